The fourth-order valence-electron chi connectivity index (χ4n) is 0.921. The first-order valence-electron chi connectivity index (χ1n) is 3.65. The Bertz CT molecular complexity index is 341. The SMILES string of the molecule is CC(=O)C(=[N+]=[N-])C(=O)N1CCC1=O. The van der Waals surface area contributed by atoms with E-state index in [0.717, 1.165) is 11.8 Å². The lowest BCUT2D eigenvalue weighted by molar-refractivity contribution is -0.151. The van der Waals surface area contributed by atoms with Crippen LogP contribution in [0, 0.1) is 0 Å². The first-order valence-corrected chi connectivity index (χ1v) is 3.65. The topological polar surface area (TPSA) is 90.8 Å². The van der Waals surface area contributed by atoms with Crippen LogP contribution in [0.3, 0.4) is 0 Å². The molecule has 2 amide bonds. The Kier molecular flexibility index (Phi) is 2.34. The summed E-state index contributed by atoms with van der Waals surface area (Å²) in [5.74, 6) is -1.84. The molecule has 0 aromatic heterocycles. The van der Waals surface area contributed by atoms with Crippen molar-refractivity contribution in [3.63, 3.8) is 0 Å². The highest BCUT2D eigenvalue weighted by atomic mass is 16.2. The van der Waals surface area contributed by atoms with E-state index in [9.17, 15) is 14.4 Å². The van der Waals surface area contributed by atoms with Crippen LogP contribution in [0.2, 0.25) is 0 Å². The summed E-state index contributed by atoms with van der Waals surface area (Å²) in [6.45, 7) is 1.38. The molecule has 0 atom stereocenters. The second-order valence-corrected chi connectivity index (χ2v) is 2.61. The number of ketones is 1. The molecule has 0 bridgehead atoms. The van der Waals surface area contributed by atoms with Gasteiger partial charge in [-0.25, -0.2) is 0 Å². The first-order chi connectivity index (χ1) is 6.07. The first kappa shape index (κ1) is 9.28. The van der Waals surface area contributed by atoms with E-state index in [4.69, 9.17) is 5.53 Å². The quantitative estimate of drug-likeness (QED) is 0.180. The summed E-state index contributed by atoms with van der Waals surface area (Å²) in [5.41, 5.74) is 7.73. The van der Waals surface area contributed by atoms with Crippen LogP contribution in [-0.4, -0.2) is 39.5 Å². The molecule has 0 saturated carbocycles. The number of imide groups is 1. The molecule has 0 aromatic carbocycles. The minimum absolute atomic E-state index is 0.282. The molecule has 1 rings (SSSR count). The lowest BCUT2D eigenvalue weighted by atomic mass is 10.1. The number of carbonyl (C=O) groups excluding carboxylic acids is 3. The number of β-lactam (4-membered cyclic amide) rings is 1. The maximum atomic E-state index is 11.2. The molecule has 0 aromatic rings. The van der Waals surface area contributed by atoms with Gasteiger partial charge in [0.1, 0.15) is 0 Å². The Hall–Kier alpha value is -1.81. The Morgan fingerprint density at radius 2 is 2.15 bits per heavy atom. The molecular weight excluding hydrogens is 174 g/mol. The van der Waals surface area contributed by atoms with Gasteiger partial charge in [-0.1, -0.05) is 0 Å². The second kappa shape index (κ2) is 3.28. The van der Waals surface area contributed by atoms with Crippen molar-refractivity contribution in [2.45, 2.75) is 13.3 Å². The van der Waals surface area contributed by atoms with Crippen LogP contribution >= 0.6 is 0 Å². The average Bonchev–Trinajstić information content (AvgIpc) is 2.02. The summed E-state index contributed by atoms with van der Waals surface area (Å²) in [6, 6.07) is 0. The molecule has 0 N–H and O–H groups in total. The molecule has 0 radical (unpaired) electrons. The number of nitrogens with zero attached hydrogens (tertiary/aromatic N) is 3. The van der Waals surface area contributed by atoms with Crippen molar-refractivity contribution < 1.29 is 19.2 Å². The zero-order chi connectivity index (χ0) is 10.0. The second-order valence-electron chi connectivity index (χ2n) is 2.61. The Morgan fingerprint density at radius 1 is 1.54 bits per heavy atom. The van der Waals surface area contributed by atoms with E-state index >= 15 is 0 Å². The zero-order valence-electron chi connectivity index (χ0n) is 6.98. The molecule has 1 heterocycles. The van der Waals surface area contributed by atoms with Gasteiger partial charge in [-0.3, -0.25) is 19.3 Å². The molecule has 1 aliphatic heterocycles. The normalized spacial score (nSPS) is 14.5. The maximum Gasteiger partial charge on any atom is 0.421 e. The molecule has 68 valence electrons. The fourth-order valence-corrected chi connectivity index (χ4v) is 0.921. The molecule has 1 fully saturated rings. The van der Waals surface area contributed by atoms with E-state index in [-0.39, 0.29) is 12.5 Å². The van der Waals surface area contributed by atoms with Crippen molar-refractivity contribution in [3.05, 3.63) is 5.53 Å². The van der Waals surface area contributed by atoms with Gasteiger partial charge in [-0.15, -0.1) is 0 Å². The van der Waals surface area contributed by atoms with Gasteiger partial charge >= 0.3 is 11.6 Å². The van der Waals surface area contributed by atoms with Crippen LogP contribution < -0.4 is 0 Å². The number of likely N-dealkylation sites (tertiary alicyclic amines) is 1. The van der Waals surface area contributed by atoms with E-state index < -0.39 is 17.4 Å². The molecule has 1 saturated heterocycles. The van der Waals surface area contributed by atoms with Crippen LogP contribution in [0.15, 0.2) is 0 Å². The zero-order valence-corrected chi connectivity index (χ0v) is 6.98. The van der Waals surface area contributed by atoms with Crippen LogP contribution in [0.4, 0.5) is 0 Å². The van der Waals surface area contributed by atoms with Gasteiger partial charge in [-0.05, 0) is 0 Å². The standard InChI is InChI=1S/C7H7N3O3/c1-4(11)6(9-8)7(13)10-3-2-5(10)12/h2-3H2,1H3. The Labute approximate surface area is 73.7 Å². The van der Waals surface area contributed by atoms with Crippen molar-refractivity contribution in [1.82, 2.24) is 4.90 Å². The third-order valence-electron chi connectivity index (χ3n) is 1.73. The van der Waals surface area contributed by atoms with Gasteiger partial charge in [0.25, 0.3) is 0 Å². The molecule has 1 aliphatic rings. The summed E-state index contributed by atoms with van der Waals surface area (Å²) in [5, 5.41) is 0. The van der Waals surface area contributed by atoms with Crippen LogP contribution in [0.1, 0.15) is 13.3 Å². The molecular formula is C7H7N3O3. The predicted molar refractivity (Wildman–Crippen MR) is 40.6 cm³/mol. The largest absolute Gasteiger partial charge is 0.421 e. The monoisotopic (exact) mass is 181 g/mol. The van der Waals surface area contributed by atoms with Crippen molar-refractivity contribution in [2.75, 3.05) is 6.54 Å². The highest BCUT2D eigenvalue weighted by molar-refractivity contribution is 6.64. The summed E-state index contributed by atoms with van der Waals surface area (Å²) >= 11 is 0. The van der Waals surface area contributed by atoms with Crippen molar-refractivity contribution in [3.8, 4) is 0 Å². The van der Waals surface area contributed by atoms with Crippen molar-refractivity contribution >= 4 is 23.3 Å². The maximum absolute atomic E-state index is 11.2. The summed E-state index contributed by atoms with van der Waals surface area (Å²) in [7, 11) is 0. The number of Topliss-reactive ketones (excluding diaryl/α,β-unsaturated/α-hetero) is 1. The lowest BCUT2D eigenvalue weighted by Gasteiger charge is -2.26. The van der Waals surface area contributed by atoms with E-state index in [0.29, 0.717) is 6.42 Å². The molecule has 0 spiro atoms. The van der Waals surface area contributed by atoms with E-state index in [1.54, 1.807) is 0 Å². The molecule has 6 nitrogen and oxygen atoms in total. The molecule has 13 heavy (non-hydrogen) atoms. The van der Waals surface area contributed by atoms with E-state index in [1.807, 2.05) is 0 Å². The number of carbonyl (C=O) groups is 3. The lowest BCUT2D eigenvalue weighted by Crippen LogP contribution is -2.51. The van der Waals surface area contributed by atoms with Gasteiger partial charge in [0.05, 0.1) is 0 Å². The Morgan fingerprint density at radius 3 is 2.38 bits per heavy atom. The van der Waals surface area contributed by atoms with Crippen LogP contribution in [-0.2, 0) is 14.4 Å². The van der Waals surface area contributed by atoms with Gasteiger partial charge in [0, 0.05) is 19.9 Å². The Balaban J connectivity index is 2.83. The highest BCUT2D eigenvalue weighted by Gasteiger charge is 2.38. The fraction of sp³-hybridized carbons (Fsp3) is 0.429. The molecule has 0 unspecified atom stereocenters. The summed E-state index contributed by atoms with van der Waals surface area (Å²) < 4.78 is 0. The summed E-state index contributed by atoms with van der Waals surface area (Å²) in [4.78, 5) is 36.1. The number of hydrogen-bond acceptors (Lipinski definition) is 3. The van der Waals surface area contributed by atoms with E-state index in [1.165, 1.54) is 0 Å². The van der Waals surface area contributed by atoms with Gasteiger partial charge in [0.2, 0.25) is 11.7 Å². The summed E-state index contributed by atoms with van der Waals surface area (Å²) in [6.07, 6.45) is 0.294. The van der Waals surface area contributed by atoms with Gasteiger partial charge in [-0.2, -0.15) is 4.79 Å². The van der Waals surface area contributed by atoms with Crippen LogP contribution in [0.25, 0.3) is 5.53 Å². The smallest absolute Gasteiger partial charge is 0.360 e. The van der Waals surface area contributed by atoms with Gasteiger partial charge < -0.3 is 5.53 Å². The highest BCUT2D eigenvalue weighted by Crippen LogP contribution is 2.08. The number of amides is 2. The minimum atomic E-state index is -0.828. The minimum Gasteiger partial charge on any atom is -0.360 e. The molecule has 6 heteroatoms. The third kappa shape index (κ3) is 1.52. The third-order valence-corrected chi connectivity index (χ3v) is 1.73. The predicted octanol–water partition coefficient (Wildman–Crippen LogP) is -0.995. The van der Waals surface area contributed by atoms with Crippen molar-refractivity contribution in [2.24, 2.45) is 0 Å². The molecule has 0 aliphatic carbocycles. The van der Waals surface area contributed by atoms with E-state index in [2.05, 4.69) is 4.79 Å². The van der Waals surface area contributed by atoms with Crippen molar-refractivity contribution in [1.29, 1.82) is 0 Å². The average molecular weight is 181 g/mol. The van der Waals surface area contributed by atoms with Crippen LogP contribution in [0.5, 0.6) is 0 Å². The number of rotatable bonds is 2. The van der Waals surface area contributed by atoms with Gasteiger partial charge in [0.15, 0.2) is 0 Å². The number of hydrogen-bond donors (Lipinski definition) is 0.